The number of carboxylic acids is 1. The third-order valence-electron chi connectivity index (χ3n) is 2.47. The van der Waals surface area contributed by atoms with Crippen LogP contribution in [0.5, 0.6) is 5.88 Å². The van der Waals surface area contributed by atoms with E-state index in [0.29, 0.717) is 11.3 Å². The maximum atomic E-state index is 11.3. The predicted molar refractivity (Wildman–Crippen MR) is 60.6 cm³/mol. The summed E-state index contributed by atoms with van der Waals surface area (Å²) in [5.41, 5.74) is 1.15. The van der Waals surface area contributed by atoms with E-state index in [2.05, 4.69) is 10.1 Å². The summed E-state index contributed by atoms with van der Waals surface area (Å²) in [5, 5.41) is 13.3. The van der Waals surface area contributed by atoms with Crippen LogP contribution >= 0.6 is 0 Å². The first-order valence-electron chi connectivity index (χ1n) is 5.21. The Hall–Kier alpha value is -2.11. The number of rotatable bonds is 3. The van der Waals surface area contributed by atoms with Crippen molar-refractivity contribution in [2.24, 2.45) is 0 Å². The Morgan fingerprint density at radius 3 is 2.76 bits per heavy atom. The number of nitrogens with zero attached hydrogens (tertiary/aromatic N) is 3. The molecule has 1 N–H and O–H groups in total. The van der Waals surface area contributed by atoms with E-state index < -0.39 is 5.97 Å². The minimum absolute atomic E-state index is 0.00472. The van der Waals surface area contributed by atoms with Gasteiger partial charge in [-0.3, -0.25) is 0 Å². The molecule has 0 amide bonds. The van der Waals surface area contributed by atoms with Gasteiger partial charge in [0.1, 0.15) is 5.56 Å². The standard InChI is InChI=1S/C11H13N3O3/c1-6(2)9-8(11(15)16)10(17-3)14-7(13-9)4-5-12-14/h4-6H,1-3H3,(H,15,16). The highest BCUT2D eigenvalue weighted by molar-refractivity contribution is 5.92. The number of hydrogen-bond acceptors (Lipinski definition) is 4. The summed E-state index contributed by atoms with van der Waals surface area (Å²) in [7, 11) is 1.42. The third kappa shape index (κ3) is 1.71. The Morgan fingerprint density at radius 2 is 2.24 bits per heavy atom. The van der Waals surface area contributed by atoms with Gasteiger partial charge in [0, 0.05) is 6.07 Å². The van der Waals surface area contributed by atoms with Crippen molar-refractivity contribution < 1.29 is 14.6 Å². The summed E-state index contributed by atoms with van der Waals surface area (Å²) >= 11 is 0. The zero-order chi connectivity index (χ0) is 12.6. The Labute approximate surface area is 97.9 Å². The molecule has 0 unspecified atom stereocenters. The number of aromatic nitrogens is 3. The molecule has 0 aliphatic carbocycles. The van der Waals surface area contributed by atoms with Gasteiger partial charge in [-0.15, -0.1) is 0 Å². The van der Waals surface area contributed by atoms with Gasteiger partial charge in [0.15, 0.2) is 5.65 Å². The van der Waals surface area contributed by atoms with Gasteiger partial charge >= 0.3 is 5.97 Å². The summed E-state index contributed by atoms with van der Waals surface area (Å²) in [6.07, 6.45) is 1.56. The van der Waals surface area contributed by atoms with Crippen LogP contribution < -0.4 is 4.74 Å². The topological polar surface area (TPSA) is 76.7 Å². The molecule has 6 nitrogen and oxygen atoms in total. The maximum absolute atomic E-state index is 11.3. The predicted octanol–water partition coefficient (Wildman–Crippen LogP) is 1.56. The highest BCUT2D eigenvalue weighted by atomic mass is 16.5. The van der Waals surface area contributed by atoms with Gasteiger partial charge in [0.25, 0.3) is 0 Å². The highest BCUT2D eigenvalue weighted by Crippen LogP contribution is 2.27. The number of fused-ring (bicyclic) bond motifs is 1. The molecule has 0 bridgehead atoms. The summed E-state index contributed by atoms with van der Waals surface area (Å²) in [4.78, 5) is 15.6. The molecule has 0 spiro atoms. The van der Waals surface area contributed by atoms with Crippen LogP contribution in [0.4, 0.5) is 0 Å². The van der Waals surface area contributed by atoms with Gasteiger partial charge < -0.3 is 9.84 Å². The van der Waals surface area contributed by atoms with Crippen LogP contribution in [0.2, 0.25) is 0 Å². The first-order valence-corrected chi connectivity index (χ1v) is 5.21. The molecule has 2 heterocycles. The molecule has 17 heavy (non-hydrogen) atoms. The van der Waals surface area contributed by atoms with Crippen LogP contribution in [0.25, 0.3) is 5.65 Å². The van der Waals surface area contributed by atoms with Crippen molar-refractivity contribution in [3.8, 4) is 5.88 Å². The molecule has 90 valence electrons. The van der Waals surface area contributed by atoms with E-state index >= 15 is 0 Å². The minimum atomic E-state index is -1.06. The lowest BCUT2D eigenvalue weighted by Gasteiger charge is -2.13. The van der Waals surface area contributed by atoms with Gasteiger partial charge in [0.05, 0.1) is 19.0 Å². The molecule has 0 saturated carbocycles. The monoisotopic (exact) mass is 235 g/mol. The summed E-state index contributed by atoms with van der Waals surface area (Å²) in [6.45, 7) is 3.78. The Bertz CT molecular complexity index is 575. The van der Waals surface area contributed by atoms with E-state index in [9.17, 15) is 9.90 Å². The summed E-state index contributed by atoms with van der Waals surface area (Å²) < 4.78 is 6.53. The number of carbonyl (C=O) groups is 1. The molecule has 0 aromatic carbocycles. The first-order chi connectivity index (χ1) is 8.06. The van der Waals surface area contributed by atoms with E-state index in [1.165, 1.54) is 11.6 Å². The highest BCUT2D eigenvalue weighted by Gasteiger charge is 2.23. The SMILES string of the molecule is COc1c(C(=O)O)c(C(C)C)nc2ccnn12. The average Bonchev–Trinajstić information content (AvgIpc) is 2.73. The number of ether oxygens (including phenoxy) is 1. The molecular weight excluding hydrogens is 222 g/mol. The quantitative estimate of drug-likeness (QED) is 0.873. The van der Waals surface area contributed by atoms with E-state index in [4.69, 9.17) is 4.74 Å². The normalized spacial score (nSPS) is 11.1. The molecule has 0 atom stereocenters. The molecule has 0 radical (unpaired) electrons. The molecule has 6 heteroatoms. The van der Waals surface area contributed by atoms with Crippen molar-refractivity contribution in [2.45, 2.75) is 19.8 Å². The molecule has 0 aliphatic heterocycles. The zero-order valence-electron chi connectivity index (χ0n) is 9.84. The summed E-state index contributed by atoms with van der Waals surface area (Å²) in [6, 6.07) is 1.71. The second kappa shape index (κ2) is 4.04. The largest absolute Gasteiger partial charge is 0.480 e. The molecule has 2 aromatic rings. The number of aromatic carboxylic acids is 1. The third-order valence-corrected chi connectivity index (χ3v) is 2.47. The molecule has 2 aromatic heterocycles. The molecule has 0 fully saturated rings. The molecule has 0 saturated heterocycles. The van der Waals surface area contributed by atoms with E-state index in [1.807, 2.05) is 13.8 Å². The van der Waals surface area contributed by atoms with E-state index in [1.54, 1.807) is 12.3 Å². The fraction of sp³-hybridized carbons (Fsp3) is 0.364. The second-order valence-corrected chi connectivity index (χ2v) is 3.94. The fourth-order valence-electron chi connectivity index (χ4n) is 1.74. The first kappa shape index (κ1) is 11.4. The molecular formula is C11H13N3O3. The van der Waals surface area contributed by atoms with Crippen molar-refractivity contribution in [3.05, 3.63) is 23.5 Å². The van der Waals surface area contributed by atoms with Crippen LogP contribution in [0.3, 0.4) is 0 Å². The van der Waals surface area contributed by atoms with Crippen molar-refractivity contribution in [1.82, 2.24) is 14.6 Å². The maximum Gasteiger partial charge on any atom is 0.343 e. The van der Waals surface area contributed by atoms with Gasteiger partial charge in [-0.05, 0) is 5.92 Å². The average molecular weight is 235 g/mol. The van der Waals surface area contributed by atoms with Gasteiger partial charge in [-0.1, -0.05) is 13.8 Å². The Kier molecular flexibility index (Phi) is 2.71. The second-order valence-electron chi connectivity index (χ2n) is 3.94. The van der Waals surface area contributed by atoms with Crippen LogP contribution in [0.15, 0.2) is 12.3 Å². The molecule has 2 rings (SSSR count). The lowest BCUT2D eigenvalue weighted by Crippen LogP contribution is -2.13. The fourth-order valence-corrected chi connectivity index (χ4v) is 1.74. The van der Waals surface area contributed by atoms with E-state index in [0.717, 1.165) is 0 Å². The minimum Gasteiger partial charge on any atom is -0.480 e. The Morgan fingerprint density at radius 1 is 1.53 bits per heavy atom. The lowest BCUT2D eigenvalue weighted by atomic mass is 10.0. The van der Waals surface area contributed by atoms with Gasteiger partial charge in [-0.2, -0.15) is 9.61 Å². The summed E-state index contributed by atoms with van der Waals surface area (Å²) in [5.74, 6) is -0.860. The van der Waals surface area contributed by atoms with Crippen LogP contribution in [0.1, 0.15) is 35.8 Å². The smallest absolute Gasteiger partial charge is 0.343 e. The van der Waals surface area contributed by atoms with Gasteiger partial charge in [-0.25, -0.2) is 9.78 Å². The van der Waals surface area contributed by atoms with Crippen molar-refractivity contribution in [3.63, 3.8) is 0 Å². The van der Waals surface area contributed by atoms with Crippen LogP contribution in [-0.4, -0.2) is 32.8 Å². The van der Waals surface area contributed by atoms with Gasteiger partial charge in [0.2, 0.25) is 5.88 Å². The van der Waals surface area contributed by atoms with Crippen molar-refractivity contribution >= 4 is 11.6 Å². The Balaban J connectivity index is 2.87. The van der Waals surface area contributed by atoms with Crippen molar-refractivity contribution in [2.75, 3.05) is 7.11 Å². The zero-order valence-corrected chi connectivity index (χ0v) is 9.84. The number of methoxy groups -OCH3 is 1. The van der Waals surface area contributed by atoms with Crippen molar-refractivity contribution in [1.29, 1.82) is 0 Å². The van der Waals surface area contributed by atoms with E-state index in [-0.39, 0.29) is 17.4 Å². The lowest BCUT2D eigenvalue weighted by molar-refractivity contribution is 0.0689. The van der Waals surface area contributed by atoms with Crippen LogP contribution in [0, 0.1) is 0 Å². The van der Waals surface area contributed by atoms with Crippen LogP contribution in [-0.2, 0) is 0 Å². The number of carboxylic acid groups (broad SMARTS) is 1. The molecule has 0 aliphatic rings. The number of hydrogen-bond donors (Lipinski definition) is 1.